The number of nitrogens with zero attached hydrogens (tertiary/aromatic N) is 2. The van der Waals surface area contributed by atoms with Crippen LogP contribution in [0.5, 0.6) is 0 Å². The zero-order chi connectivity index (χ0) is 19.4. The van der Waals surface area contributed by atoms with Crippen LogP contribution in [0.2, 0.25) is 0 Å². The maximum absolute atomic E-state index is 13.2. The highest BCUT2D eigenvalue weighted by Gasteiger charge is 2.35. The third kappa shape index (κ3) is 5.06. The molecule has 0 bridgehead atoms. The maximum atomic E-state index is 13.2. The van der Waals surface area contributed by atoms with Crippen molar-refractivity contribution >= 4 is 28.3 Å². The van der Waals surface area contributed by atoms with Crippen LogP contribution in [-0.4, -0.2) is 62.0 Å². The average molecular weight is 430 g/mol. The first-order chi connectivity index (χ1) is 13.0. The summed E-state index contributed by atoms with van der Waals surface area (Å²) >= 11 is 0. The number of nitrogens with one attached hydrogen (secondary N) is 1. The lowest BCUT2D eigenvalue weighted by Crippen LogP contribution is -2.52. The molecule has 1 amide bonds. The third-order valence-corrected chi connectivity index (χ3v) is 7.74. The fourth-order valence-corrected chi connectivity index (χ4v) is 5.17. The molecule has 2 heterocycles. The molecule has 2 fully saturated rings. The lowest BCUT2D eigenvalue weighted by atomic mass is 9.93. The van der Waals surface area contributed by atoms with Gasteiger partial charge in [-0.15, -0.1) is 12.4 Å². The van der Waals surface area contributed by atoms with Crippen molar-refractivity contribution in [2.75, 3.05) is 38.5 Å². The van der Waals surface area contributed by atoms with Crippen LogP contribution in [0.4, 0.5) is 0 Å². The Kier molecular flexibility index (Phi) is 8.30. The van der Waals surface area contributed by atoms with Crippen molar-refractivity contribution in [2.45, 2.75) is 39.2 Å². The van der Waals surface area contributed by atoms with Crippen molar-refractivity contribution in [3.63, 3.8) is 0 Å². The summed E-state index contributed by atoms with van der Waals surface area (Å²) in [7, 11) is -3.16. The Labute approximate surface area is 175 Å². The van der Waals surface area contributed by atoms with E-state index in [-0.39, 0.29) is 36.0 Å². The Morgan fingerprint density at radius 1 is 1.11 bits per heavy atom. The number of hydrogen-bond acceptors (Lipinski definition) is 4. The molecule has 1 atom stereocenters. The van der Waals surface area contributed by atoms with Crippen molar-refractivity contribution in [3.05, 3.63) is 35.4 Å². The van der Waals surface area contributed by atoms with E-state index >= 15 is 0 Å². The molecule has 8 heteroatoms. The highest BCUT2D eigenvalue weighted by molar-refractivity contribution is 7.89. The van der Waals surface area contributed by atoms with E-state index in [2.05, 4.69) is 36.5 Å². The lowest BCUT2D eigenvalue weighted by molar-refractivity contribution is -0.140. The quantitative estimate of drug-likeness (QED) is 0.779. The van der Waals surface area contributed by atoms with Crippen molar-refractivity contribution in [3.8, 4) is 0 Å². The van der Waals surface area contributed by atoms with Gasteiger partial charge in [-0.1, -0.05) is 31.2 Å². The molecule has 1 aromatic rings. The van der Waals surface area contributed by atoms with Gasteiger partial charge in [-0.2, -0.15) is 0 Å². The molecule has 1 unspecified atom stereocenters. The van der Waals surface area contributed by atoms with E-state index in [0.29, 0.717) is 32.5 Å². The van der Waals surface area contributed by atoms with Crippen molar-refractivity contribution < 1.29 is 13.2 Å². The summed E-state index contributed by atoms with van der Waals surface area (Å²) in [6.07, 6.45) is 2.23. The Bertz CT molecular complexity index is 746. The average Bonchev–Trinajstić information content (AvgIpc) is 2.73. The number of carbonyl (C=O) groups is 1. The van der Waals surface area contributed by atoms with Gasteiger partial charge in [0.25, 0.3) is 0 Å². The topological polar surface area (TPSA) is 69.7 Å². The Morgan fingerprint density at radius 3 is 2.32 bits per heavy atom. The second-order valence-corrected chi connectivity index (χ2v) is 9.68. The Balaban J connectivity index is 0.00000280. The summed E-state index contributed by atoms with van der Waals surface area (Å²) in [5.41, 5.74) is 2.46. The van der Waals surface area contributed by atoms with E-state index in [9.17, 15) is 13.2 Å². The van der Waals surface area contributed by atoms with E-state index in [0.717, 1.165) is 19.5 Å². The minimum Gasteiger partial charge on any atom is -0.333 e. The molecule has 6 nitrogen and oxygen atoms in total. The fourth-order valence-electron chi connectivity index (χ4n) is 4.04. The van der Waals surface area contributed by atoms with Gasteiger partial charge >= 0.3 is 0 Å². The van der Waals surface area contributed by atoms with E-state index in [1.807, 2.05) is 4.90 Å². The molecule has 2 aliphatic rings. The SMILES string of the molecule is CCc1ccc(C2CNCCN2C(=O)C2CCN(S(=O)(=O)CC)CC2)cc1.Cl. The first-order valence-corrected chi connectivity index (χ1v) is 11.6. The molecule has 2 aliphatic heterocycles. The molecule has 0 saturated carbocycles. The van der Waals surface area contributed by atoms with Crippen LogP contribution >= 0.6 is 12.4 Å². The van der Waals surface area contributed by atoms with Gasteiger partial charge in [-0.3, -0.25) is 4.79 Å². The minimum absolute atomic E-state index is 0. The Morgan fingerprint density at radius 2 is 1.75 bits per heavy atom. The van der Waals surface area contributed by atoms with Gasteiger partial charge in [-0.05, 0) is 37.3 Å². The van der Waals surface area contributed by atoms with E-state index in [4.69, 9.17) is 0 Å². The highest BCUT2D eigenvalue weighted by atomic mass is 35.5. The summed E-state index contributed by atoms with van der Waals surface area (Å²) < 4.78 is 25.6. The predicted molar refractivity (Wildman–Crippen MR) is 114 cm³/mol. The lowest BCUT2D eigenvalue weighted by Gasteiger charge is -2.40. The summed E-state index contributed by atoms with van der Waals surface area (Å²) in [6, 6.07) is 8.59. The normalized spacial score (nSPS) is 21.9. The van der Waals surface area contributed by atoms with Crippen molar-refractivity contribution in [1.29, 1.82) is 0 Å². The second kappa shape index (κ2) is 10.1. The number of carbonyl (C=O) groups excluding carboxylic acids is 1. The molecule has 1 aromatic carbocycles. The van der Waals surface area contributed by atoms with E-state index in [1.165, 1.54) is 15.4 Å². The van der Waals surface area contributed by atoms with Crippen LogP contribution < -0.4 is 5.32 Å². The first kappa shape index (κ1) is 23.1. The number of benzene rings is 1. The van der Waals surface area contributed by atoms with Crippen LogP contribution in [0, 0.1) is 5.92 Å². The first-order valence-electron chi connectivity index (χ1n) is 10.0. The van der Waals surface area contributed by atoms with Crippen LogP contribution in [-0.2, 0) is 21.2 Å². The number of halogens is 1. The van der Waals surface area contributed by atoms with Crippen LogP contribution in [0.25, 0.3) is 0 Å². The summed E-state index contributed by atoms with van der Waals surface area (Å²) in [6.45, 7) is 6.98. The molecule has 1 N–H and O–H groups in total. The second-order valence-electron chi connectivity index (χ2n) is 7.42. The van der Waals surface area contributed by atoms with Gasteiger partial charge in [0.05, 0.1) is 11.8 Å². The maximum Gasteiger partial charge on any atom is 0.226 e. The summed E-state index contributed by atoms with van der Waals surface area (Å²) in [5.74, 6) is 0.220. The molecule has 158 valence electrons. The standard InChI is InChI=1S/C20H31N3O3S.ClH/c1-3-16-5-7-17(8-6-16)19-15-21-11-14-23(19)20(24)18-9-12-22(13-10-18)27(25,26)4-2;/h5-8,18-19,21H,3-4,9-15H2,1-2H3;1H. The van der Waals surface area contributed by atoms with E-state index in [1.54, 1.807) is 6.92 Å². The molecule has 0 aliphatic carbocycles. The monoisotopic (exact) mass is 429 g/mol. The zero-order valence-corrected chi connectivity index (χ0v) is 18.4. The third-order valence-electron chi connectivity index (χ3n) is 5.86. The van der Waals surface area contributed by atoms with Crippen LogP contribution in [0.15, 0.2) is 24.3 Å². The number of sulfonamides is 1. The van der Waals surface area contributed by atoms with Crippen molar-refractivity contribution in [2.24, 2.45) is 5.92 Å². The van der Waals surface area contributed by atoms with E-state index < -0.39 is 10.0 Å². The van der Waals surface area contributed by atoms with Crippen LogP contribution in [0.1, 0.15) is 43.9 Å². The molecular weight excluding hydrogens is 398 g/mol. The smallest absolute Gasteiger partial charge is 0.226 e. The number of aryl methyl sites for hydroxylation is 1. The fraction of sp³-hybridized carbons (Fsp3) is 0.650. The number of amides is 1. The predicted octanol–water partition coefficient (Wildman–Crippen LogP) is 2.21. The van der Waals surface area contributed by atoms with Gasteiger partial charge in [0.15, 0.2) is 0 Å². The number of piperazine rings is 1. The molecule has 0 radical (unpaired) electrons. The molecular formula is C20H32ClN3O3S. The zero-order valence-electron chi connectivity index (χ0n) is 16.8. The number of hydrogen-bond donors (Lipinski definition) is 1. The molecule has 3 rings (SSSR count). The largest absolute Gasteiger partial charge is 0.333 e. The van der Waals surface area contributed by atoms with Gasteiger partial charge in [-0.25, -0.2) is 12.7 Å². The number of piperidine rings is 1. The summed E-state index contributed by atoms with van der Waals surface area (Å²) in [5, 5.41) is 3.40. The van der Waals surface area contributed by atoms with Gasteiger partial charge in [0.2, 0.25) is 15.9 Å². The molecule has 2 saturated heterocycles. The molecule has 0 spiro atoms. The minimum atomic E-state index is -3.16. The Hall–Kier alpha value is -1.15. The van der Waals surface area contributed by atoms with Crippen molar-refractivity contribution in [1.82, 2.24) is 14.5 Å². The van der Waals surface area contributed by atoms with Crippen LogP contribution in [0.3, 0.4) is 0 Å². The van der Waals surface area contributed by atoms with Gasteiger partial charge in [0.1, 0.15) is 0 Å². The highest BCUT2D eigenvalue weighted by Crippen LogP contribution is 2.28. The number of rotatable bonds is 5. The molecule has 0 aromatic heterocycles. The van der Waals surface area contributed by atoms with Gasteiger partial charge in [0, 0.05) is 38.6 Å². The van der Waals surface area contributed by atoms with Gasteiger partial charge < -0.3 is 10.2 Å². The summed E-state index contributed by atoms with van der Waals surface area (Å²) in [4.78, 5) is 15.2. The molecule has 28 heavy (non-hydrogen) atoms.